The molecule has 5 heteroatoms. The second-order valence-corrected chi connectivity index (χ2v) is 7.12. The first-order valence-electron chi connectivity index (χ1n) is 8.78. The fourth-order valence-electron chi connectivity index (χ4n) is 2.31. The van der Waals surface area contributed by atoms with Crippen LogP contribution >= 0.6 is 0 Å². The Hall–Kier alpha value is -2.37. The Kier molecular flexibility index (Phi) is 7.18. The first kappa shape index (κ1) is 19.9. The average molecular weight is 356 g/mol. The molecular formula is C21H28N2O3. The maximum atomic E-state index is 12.1. The topological polar surface area (TPSA) is 59.6 Å². The Morgan fingerprint density at radius 3 is 2.23 bits per heavy atom. The van der Waals surface area contributed by atoms with Gasteiger partial charge in [-0.3, -0.25) is 9.63 Å². The molecule has 2 N–H and O–H groups in total. The molecule has 2 rings (SSSR count). The van der Waals surface area contributed by atoms with Gasteiger partial charge in [0.25, 0.3) is 0 Å². The van der Waals surface area contributed by atoms with E-state index >= 15 is 0 Å². The second-order valence-electron chi connectivity index (χ2n) is 7.12. The lowest BCUT2D eigenvalue weighted by molar-refractivity contribution is -0.134. The highest BCUT2D eigenvalue weighted by molar-refractivity contribution is 5.81. The van der Waals surface area contributed by atoms with Crippen LogP contribution in [0, 0.1) is 0 Å². The molecule has 0 spiro atoms. The van der Waals surface area contributed by atoms with Crippen LogP contribution in [0.15, 0.2) is 54.6 Å². The Balaban J connectivity index is 1.93. The van der Waals surface area contributed by atoms with Gasteiger partial charge in [0.2, 0.25) is 5.91 Å². The molecule has 0 radical (unpaired) electrons. The first-order valence-corrected chi connectivity index (χ1v) is 8.78. The third kappa shape index (κ3) is 6.86. The molecule has 0 aromatic heterocycles. The van der Waals surface area contributed by atoms with E-state index in [-0.39, 0.29) is 11.5 Å². The molecule has 0 fully saturated rings. The van der Waals surface area contributed by atoms with E-state index in [1.165, 1.54) is 0 Å². The van der Waals surface area contributed by atoms with E-state index in [4.69, 9.17) is 9.57 Å². The van der Waals surface area contributed by atoms with Crippen molar-refractivity contribution in [2.75, 3.05) is 7.05 Å². The molecule has 0 saturated heterocycles. The van der Waals surface area contributed by atoms with Crippen molar-refractivity contribution < 1.29 is 14.4 Å². The van der Waals surface area contributed by atoms with E-state index in [0.29, 0.717) is 13.0 Å². The smallest absolute Gasteiger partial charge is 0.239 e. The van der Waals surface area contributed by atoms with Crippen molar-refractivity contribution >= 4 is 5.91 Å². The van der Waals surface area contributed by atoms with E-state index in [0.717, 1.165) is 16.9 Å². The zero-order valence-electron chi connectivity index (χ0n) is 15.9. The molecule has 0 saturated carbocycles. The van der Waals surface area contributed by atoms with E-state index < -0.39 is 6.04 Å². The molecule has 26 heavy (non-hydrogen) atoms. The van der Waals surface area contributed by atoms with Gasteiger partial charge in [-0.25, -0.2) is 0 Å². The molecule has 0 heterocycles. The minimum atomic E-state index is -0.463. The first-order chi connectivity index (χ1) is 12.4. The van der Waals surface area contributed by atoms with Crippen molar-refractivity contribution in [1.29, 1.82) is 0 Å². The van der Waals surface area contributed by atoms with Gasteiger partial charge in [0.05, 0.1) is 5.60 Å². The van der Waals surface area contributed by atoms with Crippen LogP contribution in [0.3, 0.4) is 0 Å². The highest BCUT2D eigenvalue weighted by Gasteiger charge is 2.21. The van der Waals surface area contributed by atoms with Crippen LogP contribution in [-0.4, -0.2) is 24.6 Å². The van der Waals surface area contributed by atoms with Crippen LogP contribution in [0.1, 0.15) is 31.9 Å². The minimum absolute atomic E-state index is 0.112. The third-order valence-corrected chi connectivity index (χ3v) is 3.68. The molecular weight excluding hydrogens is 328 g/mol. The van der Waals surface area contributed by atoms with Crippen LogP contribution in [0.2, 0.25) is 0 Å². The number of hydrogen-bond acceptors (Lipinski definition) is 4. The molecule has 0 aliphatic heterocycles. The summed E-state index contributed by atoms with van der Waals surface area (Å²) in [6, 6.07) is 17.3. The zero-order chi connectivity index (χ0) is 19.0. The monoisotopic (exact) mass is 356 g/mol. The minimum Gasteiger partial charge on any atom is -0.489 e. The van der Waals surface area contributed by atoms with Crippen molar-refractivity contribution in [3.8, 4) is 5.75 Å². The lowest BCUT2D eigenvalue weighted by atomic mass is 10.1. The van der Waals surface area contributed by atoms with Crippen molar-refractivity contribution in [3.05, 3.63) is 65.7 Å². The predicted octanol–water partition coefficient (Wildman–Crippen LogP) is 3.24. The molecule has 1 amide bonds. The summed E-state index contributed by atoms with van der Waals surface area (Å²) in [5.74, 6) is 0.687. The molecule has 2 aromatic rings. The molecule has 0 aliphatic carbocycles. The lowest BCUT2D eigenvalue weighted by Crippen LogP contribution is -2.47. The fraction of sp³-hybridized carbons (Fsp3) is 0.381. The van der Waals surface area contributed by atoms with Gasteiger partial charge in [0, 0.05) is 7.05 Å². The molecule has 0 bridgehead atoms. The number of hydroxylamine groups is 1. The number of benzene rings is 2. The van der Waals surface area contributed by atoms with Gasteiger partial charge in [0.15, 0.2) is 0 Å². The summed E-state index contributed by atoms with van der Waals surface area (Å²) in [6.07, 6.45) is 0.523. The lowest BCUT2D eigenvalue weighted by Gasteiger charge is -2.24. The largest absolute Gasteiger partial charge is 0.489 e. The summed E-state index contributed by atoms with van der Waals surface area (Å²) >= 11 is 0. The molecule has 0 aliphatic rings. The number of amides is 1. The van der Waals surface area contributed by atoms with Crippen molar-refractivity contribution in [2.45, 2.75) is 45.4 Å². The van der Waals surface area contributed by atoms with E-state index in [1.807, 2.05) is 75.4 Å². The number of rotatable bonds is 8. The van der Waals surface area contributed by atoms with E-state index in [2.05, 4.69) is 10.8 Å². The quantitative estimate of drug-likeness (QED) is 0.713. The number of carbonyl (C=O) groups is 1. The summed E-state index contributed by atoms with van der Waals surface area (Å²) in [6.45, 7) is 6.32. The van der Waals surface area contributed by atoms with Crippen molar-refractivity contribution in [2.24, 2.45) is 0 Å². The average Bonchev–Trinajstić information content (AvgIpc) is 2.64. The number of carbonyl (C=O) groups excluding carboxylic acids is 1. The summed E-state index contributed by atoms with van der Waals surface area (Å²) in [7, 11) is 1.62. The highest BCUT2D eigenvalue weighted by Crippen LogP contribution is 2.16. The van der Waals surface area contributed by atoms with Crippen molar-refractivity contribution in [3.63, 3.8) is 0 Å². The van der Waals surface area contributed by atoms with Gasteiger partial charge in [-0.05, 0) is 50.5 Å². The standard InChI is InChI=1S/C21H28N2O3/c1-21(2,3)26-23-19(20(24)22-4)14-16-10-12-18(13-11-16)25-15-17-8-6-5-7-9-17/h5-13,19,23H,14-15H2,1-4H3,(H,22,24)/t19-/m0/s1. The molecule has 0 unspecified atom stereocenters. The zero-order valence-corrected chi connectivity index (χ0v) is 15.9. The Labute approximate surface area is 155 Å². The SMILES string of the molecule is CNC(=O)[C@H](Cc1ccc(OCc2ccccc2)cc1)NOC(C)(C)C. The molecule has 1 atom stereocenters. The van der Waals surface area contributed by atoms with Gasteiger partial charge in [-0.2, -0.15) is 5.48 Å². The predicted molar refractivity (Wildman–Crippen MR) is 103 cm³/mol. The summed E-state index contributed by atoms with van der Waals surface area (Å²) in [5, 5.41) is 2.67. The molecule has 140 valence electrons. The maximum Gasteiger partial charge on any atom is 0.239 e. The number of likely N-dealkylation sites (N-methyl/N-ethyl adjacent to an activating group) is 1. The second kappa shape index (κ2) is 9.36. The summed E-state index contributed by atoms with van der Waals surface area (Å²) in [4.78, 5) is 17.6. The summed E-state index contributed by atoms with van der Waals surface area (Å²) in [5.41, 5.74) is 4.65. The maximum absolute atomic E-state index is 12.1. The Morgan fingerprint density at radius 2 is 1.65 bits per heavy atom. The van der Waals surface area contributed by atoms with Crippen LogP contribution in [0.4, 0.5) is 0 Å². The number of hydrogen-bond donors (Lipinski definition) is 2. The number of ether oxygens (including phenoxy) is 1. The molecule has 2 aromatic carbocycles. The van der Waals surface area contributed by atoms with Crippen molar-refractivity contribution in [1.82, 2.24) is 10.8 Å². The Morgan fingerprint density at radius 1 is 1.00 bits per heavy atom. The van der Waals surface area contributed by atoms with Gasteiger partial charge in [-0.15, -0.1) is 0 Å². The summed E-state index contributed by atoms with van der Waals surface area (Å²) < 4.78 is 5.79. The van der Waals surface area contributed by atoms with Gasteiger partial charge >= 0.3 is 0 Å². The van der Waals surface area contributed by atoms with Gasteiger partial charge < -0.3 is 10.1 Å². The van der Waals surface area contributed by atoms with Crippen LogP contribution in [0.5, 0.6) is 5.75 Å². The van der Waals surface area contributed by atoms with Crippen LogP contribution in [-0.2, 0) is 22.7 Å². The highest BCUT2D eigenvalue weighted by atomic mass is 16.7. The molecule has 5 nitrogen and oxygen atoms in total. The number of nitrogens with one attached hydrogen (secondary N) is 2. The van der Waals surface area contributed by atoms with Crippen LogP contribution < -0.4 is 15.5 Å². The van der Waals surface area contributed by atoms with Crippen LogP contribution in [0.25, 0.3) is 0 Å². The normalized spacial score (nSPS) is 12.5. The third-order valence-electron chi connectivity index (χ3n) is 3.68. The van der Waals surface area contributed by atoms with E-state index in [9.17, 15) is 4.79 Å². The fourth-order valence-corrected chi connectivity index (χ4v) is 2.31. The Bertz CT molecular complexity index is 679. The van der Waals surface area contributed by atoms with Gasteiger partial charge in [-0.1, -0.05) is 42.5 Å². The van der Waals surface area contributed by atoms with E-state index in [1.54, 1.807) is 7.05 Å². The van der Waals surface area contributed by atoms with Gasteiger partial charge in [0.1, 0.15) is 18.4 Å².